The molecule has 13 heteroatoms. The first-order chi connectivity index (χ1) is 18.0. The van der Waals surface area contributed by atoms with E-state index >= 15 is 0 Å². The van der Waals surface area contributed by atoms with Gasteiger partial charge in [0, 0.05) is 36.4 Å². The van der Waals surface area contributed by atoms with Crippen LogP contribution in [0.1, 0.15) is 49.0 Å². The summed E-state index contributed by atoms with van der Waals surface area (Å²) in [7, 11) is 0. The van der Waals surface area contributed by atoms with Gasteiger partial charge in [-0.2, -0.15) is 5.26 Å². The first kappa shape index (κ1) is 25.9. The number of carbonyl (C=O) groups excluding carboxylic acids is 3. The van der Waals surface area contributed by atoms with Crippen LogP contribution in [0.15, 0.2) is 12.1 Å². The zero-order valence-electron chi connectivity index (χ0n) is 20.0. The number of hydrogen-bond donors (Lipinski definition) is 3. The second-order valence-corrected chi connectivity index (χ2v) is 10.1. The molecule has 202 valence electrons. The van der Waals surface area contributed by atoms with Gasteiger partial charge in [0.15, 0.2) is 11.6 Å². The van der Waals surface area contributed by atoms with Gasteiger partial charge in [0.2, 0.25) is 11.8 Å². The minimum atomic E-state index is -3.27. The number of aromatic nitrogens is 1. The van der Waals surface area contributed by atoms with Gasteiger partial charge >= 0.3 is 0 Å². The Kier molecular flexibility index (Phi) is 6.53. The number of nitriles is 1. The maximum Gasteiger partial charge on any atom is 0.271 e. The van der Waals surface area contributed by atoms with Crippen LogP contribution in [0.25, 0.3) is 10.9 Å². The van der Waals surface area contributed by atoms with Gasteiger partial charge in [-0.05, 0) is 38.2 Å². The Morgan fingerprint density at radius 2 is 1.95 bits per heavy atom. The van der Waals surface area contributed by atoms with Crippen molar-refractivity contribution in [2.24, 2.45) is 11.8 Å². The Morgan fingerprint density at radius 3 is 2.63 bits per heavy atom. The molecule has 3 N–H and O–H groups in total. The number of hydrogen-bond acceptors (Lipinski definition) is 4. The van der Waals surface area contributed by atoms with E-state index in [1.165, 1.54) is 0 Å². The largest absolute Gasteiger partial charge is 0.356 e. The Balaban J connectivity index is 1.44. The maximum atomic E-state index is 14.9. The zero-order chi connectivity index (χ0) is 27.4. The van der Waals surface area contributed by atoms with Gasteiger partial charge in [-0.3, -0.25) is 14.4 Å². The minimum Gasteiger partial charge on any atom is -0.356 e. The number of amides is 3. The first-order valence-corrected chi connectivity index (χ1v) is 12.4. The quantitative estimate of drug-likeness (QED) is 0.401. The lowest BCUT2D eigenvalue weighted by atomic mass is 9.71. The molecule has 3 aliphatic heterocycles. The van der Waals surface area contributed by atoms with Gasteiger partial charge in [0.1, 0.15) is 23.6 Å². The molecule has 8 nitrogen and oxygen atoms in total. The van der Waals surface area contributed by atoms with Crippen molar-refractivity contribution in [2.75, 3.05) is 6.54 Å². The van der Waals surface area contributed by atoms with Crippen LogP contribution in [0.5, 0.6) is 0 Å². The van der Waals surface area contributed by atoms with Crippen molar-refractivity contribution in [1.82, 2.24) is 20.5 Å². The van der Waals surface area contributed by atoms with Crippen molar-refractivity contribution in [2.45, 2.75) is 62.6 Å². The van der Waals surface area contributed by atoms with Crippen molar-refractivity contribution in [3.05, 3.63) is 35.3 Å². The number of aromatic amines is 1. The molecule has 0 spiro atoms. The number of halogens is 5. The number of fused-ring (bicyclic) bond motifs is 4. The molecule has 1 aliphatic carbocycles. The van der Waals surface area contributed by atoms with Crippen LogP contribution in [-0.2, 0) is 9.59 Å². The molecule has 0 radical (unpaired) electrons. The Labute approximate surface area is 213 Å². The van der Waals surface area contributed by atoms with Gasteiger partial charge in [0.25, 0.3) is 11.8 Å². The highest BCUT2D eigenvalue weighted by atomic mass is 19.3. The second kappa shape index (κ2) is 9.56. The molecule has 3 saturated heterocycles. The fraction of sp³-hybridized carbons (Fsp3) is 0.520. The van der Waals surface area contributed by atoms with Crippen LogP contribution in [-0.4, -0.2) is 58.2 Å². The van der Waals surface area contributed by atoms with Crippen LogP contribution >= 0.6 is 0 Å². The van der Waals surface area contributed by atoms with Gasteiger partial charge in [0.05, 0.1) is 17.5 Å². The Bertz CT molecular complexity index is 1360. The number of nitrogens with one attached hydrogen (secondary N) is 3. The van der Waals surface area contributed by atoms with Gasteiger partial charge in [-0.15, -0.1) is 0 Å². The normalized spacial score (nSPS) is 27.1. The summed E-state index contributed by atoms with van der Waals surface area (Å²) in [6, 6.07) is -0.723. The van der Waals surface area contributed by atoms with Gasteiger partial charge in [-0.25, -0.2) is 22.0 Å². The van der Waals surface area contributed by atoms with Crippen LogP contribution in [0.3, 0.4) is 0 Å². The molecule has 38 heavy (non-hydrogen) atoms. The first-order valence-electron chi connectivity index (χ1n) is 12.4. The van der Waals surface area contributed by atoms with E-state index in [9.17, 15) is 41.6 Å². The third-order valence-electron chi connectivity index (χ3n) is 7.82. The summed E-state index contributed by atoms with van der Waals surface area (Å²) in [5.41, 5.74) is -0.998. The molecule has 2 bridgehead atoms. The lowest BCUT2D eigenvalue weighted by Gasteiger charge is -2.53. The van der Waals surface area contributed by atoms with E-state index in [1.807, 2.05) is 6.07 Å². The number of alkyl halides is 2. The van der Waals surface area contributed by atoms with Crippen molar-refractivity contribution in [1.29, 1.82) is 5.26 Å². The molecule has 4 aliphatic rings. The van der Waals surface area contributed by atoms with E-state index < -0.39 is 88.2 Å². The standard InChI is InChI=1S/C25H24F5N5O3/c26-16-8-17(27)19(28)20-14(16)7-18(34-20)24(38)35-13-3-4-15(25(29,30)9-13)21(35)23(37)33-12(10-31)6-11-2-1-5-32-22(11)36/h7-8,11-13,15,21,34H,1-6,9H2,(H,32,36)(H,33,37). The van der Waals surface area contributed by atoms with Crippen molar-refractivity contribution >= 4 is 28.6 Å². The number of piperidine rings is 3. The summed E-state index contributed by atoms with van der Waals surface area (Å²) in [5.74, 6) is -11.6. The molecule has 6 rings (SSSR count). The maximum absolute atomic E-state index is 14.9. The smallest absolute Gasteiger partial charge is 0.271 e. The molecule has 5 unspecified atom stereocenters. The van der Waals surface area contributed by atoms with Gasteiger partial charge in [-0.1, -0.05) is 0 Å². The number of carbonyl (C=O) groups is 3. The Hall–Kier alpha value is -3.69. The summed E-state index contributed by atoms with van der Waals surface area (Å²) >= 11 is 0. The van der Waals surface area contributed by atoms with Crippen LogP contribution < -0.4 is 10.6 Å². The van der Waals surface area contributed by atoms with E-state index in [4.69, 9.17) is 0 Å². The lowest BCUT2D eigenvalue weighted by molar-refractivity contribution is -0.179. The van der Waals surface area contributed by atoms with E-state index in [0.29, 0.717) is 25.5 Å². The zero-order valence-corrected chi connectivity index (χ0v) is 20.0. The summed E-state index contributed by atoms with van der Waals surface area (Å²) in [4.78, 5) is 42.3. The average Bonchev–Trinajstić information content (AvgIpc) is 3.33. The number of benzene rings is 1. The van der Waals surface area contributed by atoms with Crippen molar-refractivity contribution in [3.8, 4) is 6.07 Å². The van der Waals surface area contributed by atoms with Crippen LogP contribution in [0, 0.1) is 40.6 Å². The highest BCUT2D eigenvalue weighted by Gasteiger charge is 2.60. The number of rotatable bonds is 5. The monoisotopic (exact) mass is 537 g/mol. The molecular weight excluding hydrogens is 513 g/mol. The molecule has 4 fully saturated rings. The fourth-order valence-electron chi connectivity index (χ4n) is 5.99. The fourth-order valence-corrected chi connectivity index (χ4v) is 5.99. The van der Waals surface area contributed by atoms with Crippen molar-refractivity contribution < 1.29 is 36.3 Å². The predicted octanol–water partition coefficient (Wildman–Crippen LogP) is 3.14. The van der Waals surface area contributed by atoms with Crippen molar-refractivity contribution in [3.63, 3.8) is 0 Å². The summed E-state index contributed by atoms with van der Waals surface area (Å²) in [6.45, 7) is 0.504. The highest BCUT2D eigenvalue weighted by molar-refractivity contribution is 6.01. The van der Waals surface area contributed by atoms with E-state index in [1.54, 1.807) is 0 Å². The molecule has 2 aromatic rings. The number of nitrogens with zero attached hydrogens (tertiary/aromatic N) is 2. The molecule has 1 saturated carbocycles. The second-order valence-electron chi connectivity index (χ2n) is 10.1. The third-order valence-corrected chi connectivity index (χ3v) is 7.82. The molecule has 1 aromatic heterocycles. The SMILES string of the molecule is N#CC(CC1CCCNC1=O)NC(=O)C1C2CCC(CC2(F)F)N1C(=O)c1cc2c(F)cc(F)c(F)c2[nH]1. The predicted molar refractivity (Wildman–Crippen MR) is 122 cm³/mol. The number of H-pyrrole nitrogens is 1. The van der Waals surface area contributed by atoms with E-state index in [0.717, 1.165) is 11.0 Å². The van der Waals surface area contributed by atoms with E-state index in [-0.39, 0.29) is 25.2 Å². The summed E-state index contributed by atoms with van der Waals surface area (Å²) in [5, 5.41) is 14.3. The van der Waals surface area contributed by atoms with Gasteiger partial charge < -0.3 is 20.5 Å². The summed E-state index contributed by atoms with van der Waals surface area (Å²) in [6.07, 6.45) is 0.601. The molecule has 4 heterocycles. The third kappa shape index (κ3) is 4.35. The van der Waals surface area contributed by atoms with Crippen LogP contribution in [0.4, 0.5) is 22.0 Å². The topological polar surface area (TPSA) is 118 Å². The Morgan fingerprint density at radius 1 is 1.18 bits per heavy atom. The summed E-state index contributed by atoms with van der Waals surface area (Å²) < 4.78 is 72.0. The lowest BCUT2D eigenvalue weighted by Crippen LogP contribution is -2.68. The molecule has 3 amide bonds. The van der Waals surface area contributed by atoms with Crippen LogP contribution in [0.2, 0.25) is 0 Å². The minimum absolute atomic E-state index is 0.0225. The molecule has 1 aromatic carbocycles. The molecular formula is C25H24F5N5O3. The average molecular weight is 537 g/mol. The molecule has 5 atom stereocenters. The highest BCUT2D eigenvalue weighted by Crippen LogP contribution is 2.49. The van der Waals surface area contributed by atoms with E-state index in [2.05, 4.69) is 15.6 Å².